The summed E-state index contributed by atoms with van der Waals surface area (Å²) >= 11 is 8.05. The van der Waals surface area contributed by atoms with Gasteiger partial charge in [-0.25, -0.2) is 0 Å². The summed E-state index contributed by atoms with van der Waals surface area (Å²) in [5, 5.41) is 9.87. The smallest absolute Gasteiger partial charge is 0.101 e. The number of hydrogen-bond acceptors (Lipinski definition) is 2. The molecule has 0 aliphatic heterocycles. The predicted molar refractivity (Wildman–Crippen MR) is 82.9 cm³/mol. The molecule has 0 aliphatic carbocycles. The fourth-order valence-electron chi connectivity index (χ4n) is 1.81. The van der Waals surface area contributed by atoms with Gasteiger partial charge in [0, 0.05) is 10.5 Å². The van der Waals surface area contributed by atoms with Crippen molar-refractivity contribution in [1.82, 2.24) is 0 Å². The van der Waals surface area contributed by atoms with Gasteiger partial charge >= 0.3 is 0 Å². The summed E-state index contributed by atoms with van der Waals surface area (Å²) in [7, 11) is 0. The van der Waals surface area contributed by atoms with Gasteiger partial charge < -0.3 is 0 Å². The minimum Gasteiger partial charge on any atom is -0.192 e. The SMILES string of the molecule is CSc1ccccc1C(Cl)=C(C#N)c1ccccc1. The van der Waals surface area contributed by atoms with E-state index >= 15 is 0 Å². The van der Waals surface area contributed by atoms with E-state index in [0.717, 1.165) is 16.0 Å². The maximum absolute atomic E-state index is 9.38. The molecule has 2 rings (SSSR count). The van der Waals surface area contributed by atoms with Crippen molar-refractivity contribution in [1.29, 1.82) is 5.26 Å². The maximum Gasteiger partial charge on any atom is 0.101 e. The highest BCUT2D eigenvalue weighted by molar-refractivity contribution is 7.98. The summed E-state index contributed by atoms with van der Waals surface area (Å²) in [6.07, 6.45) is 2.00. The fourth-order valence-corrected chi connectivity index (χ4v) is 2.78. The number of allylic oxidation sites excluding steroid dienone is 1. The average Bonchev–Trinajstić information content (AvgIpc) is 2.49. The van der Waals surface area contributed by atoms with E-state index in [4.69, 9.17) is 11.6 Å². The molecule has 0 amide bonds. The van der Waals surface area contributed by atoms with E-state index in [2.05, 4.69) is 6.07 Å². The second-order valence-corrected chi connectivity index (χ2v) is 5.09. The molecule has 2 aromatic rings. The van der Waals surface area contributed by atoms with Crippen LogP contribution >= 0.6 is 23.4 Å². The van der Waals surface area contributed by atoms with Crippen LogP contribution in [0.3, 0.4) is 0 Å². The molecule has 0 aromatic heterocycles. The summed E-state index contributed by atoms with van der Waals surface area (Å²) in [6, 6.07) is 19.5. The predicted octanol–water partition coefficient (Wildman–Crippen LogP) is 5.04. The highest BCUT2D eigenvalue weighted by Gasteiger charge is 2.12. The summed E-state index contributed by atoms with van der Waals surface area (Å²) in [4.78, 5) is 1.07. The Balaban J connectivity index is 2.59. The molecule has 0 heterocycles. The summed E-state index contributed by atoms with van der Waals surface area (Å²) in [6.45, 7) is 0. The molecule has 0 radical (unpaired) electrons. The summed E-state index contributed by atoms with van der Waals surface area (Å²) in [5.74, 6) is 0. The number of nitrogens with zero attached hydrogens (tertiary/aromatic N) is 1. The minimum atomic E-state index is 0.499. The van der Waals surface area contributed by atoms with E-state index in [1.54, 1.807) is 11.8 Å². The van der Waals surface area contributed by atoms with E-state index in [1.807, 2.05) is 60.9 Å². The molecule has 0 bridgehead atoms. The molecule has 0 saturated heterocycles. The van der Waals surface area contributed by atoms with Gasteiger partial charge in [0.1, 0.15) is 6.07 Å². The molecule has 94 valence electrons. The Morgan fingerprint density at radius 3 is 2.32 bits per heavy atom. The van der Waals surface area contributed by atoms with Gasteiger partial charge in [0.15, 0.2) is 0 Å². The highest BCUT2D eigenvalue weighted by atomic mass is 35.5. The van der Waals surface area contributed by atoms with Crippen molar-refractivity contribution in [3.8, 4) is 6.07 Å². The lowest BCUT2D eigenvalue weighted by Gasteiger charge is -2.08. The monoisotopic (exact) mass is 285 g/mol. The molecule has 0 aliphatic rings. The number of hydrogen-bond donors (Lipinski definition) is 0. The van der Waals surface area contributed by atoms with Gasteiger partial charge in [-0.2, -0.15) is 5.26 Å². The molecule has 0 saturated carbocycles. The number of rotatable bonds is 3. The molecule has 0 N–H and O–H groups in total. The number of halogens is 1. The van der Waals surface area contributed by atoms with E-state index in [1.165, 1.54) is 0 Å². The van der Waals surface area contributed by atoms with Crippen LogP contribution in [-0.4, -0.2) is 6.26 Å². The van der Waals surface area contributed by atoms with Gasteiger partial charge in [-0.05, 0) is 17.9 Å². The van der Waals surface area contributed by atoms with Crippen LogP contribution in [0.1, 0.15) is 11.1 Å². The van der Waals surface area contributed by atoms with Crippen molar-refractivity contribution in [2.75, 3.05) is 6.26 Å². The maximum atomic E-state index is 9.38. The third-order valence-corrected chi connectivity index (χ3v) is 3.93. The average molecular weight is 286 g/mol. The Labute approximate surface area is 122 Å². The first-order valence-electron chi connectivity index (χ1n) is 5.76. The lowest BCUT2D eigenvalue weighted by molar-refractivity contribution is 1.42. The standard InChI is InChI=1S/C16H12ClNS/c1-19-15-10-6-5-9-13(15)16(17)14(11-18)12-7-3-2-4-8-12/h2-10H,1H3. The molecule has 19 heavy (non-hydrogen) atoms. The summed E-state index contributed by atoms with van der Waals surface area (Å²) < 4.78 is 0. The van der Waals surface area contributed by atoms with Crippen LogP contribution in [0.5, 0.6) is 0 Å². The quantitative estimate of drug-likeness (QED) is 0.448. The zero-order valence-corrected chi connectivity index (χ0v) is 12.0. The van der Waals surface area contributed by atoms with E-state index in [9.17, 15) is 5.26 Å². The van der Waals surface area contributed by atoms with Crippen LogP contribution in [0.2, 0.25) is 0 Å². The van der Waals surface area contributed by atoms with Gasteiger partial charge in [0.05, 0.1) is 10.6 Å². The van der Waals surface area contributed by atoms with Crippen molar-refractivity contribution in [3.63, 3.8) is 0 Å². The van der Waals surface area contributed by atoms with Gasteiger partial charge in [-0.15, -0.1) is 11.8 Å². The van der Waals surface area contributed by atoms with Crippen LogP contribution in [0, 0.1) is 11.3 Å². The Hall–Kier alpha value is -1.69. The van der Waals surface area contributed by atoms with Crippen LogP contribution in [-0.2, 0) is 0 Å². The van der Waals surface area contributed by atoms with Crippen LogP contribution in [0.15, 0.2) is 59.5 Å². The highest BCUT2D eigenvalue weighted by Crippen LogP contribution is 2.34. The van der Waals surface area contributed by atoms with Crippen molar-refractivity contribution in [2.45, 2.75) is 4.90 Å². The van der Waals surface area contributed by atoms with Gasteiger partial charge in [-0.3, -0.25) is 0 Å². The van der Waals surface area contributed by atoms with Gasteiger partial charge in [-0.1, -0.05) is 60.1 Å². The lowest BCUT2D eigenvalue weighted by Crippen LogP contribution is -1.88. The Morgan fingerprint density at radius 2 is 1.68 bits per heavy atom. The number of benzene rings is 2. The Kier molecular flexibility index (Phi) is 4.68. The molecule has 3 heteroatoms. The number of thioether (sulfide) groups is 1. The molecule has 1 nitrogen and oxygen atoms in total. The van der Waals surface area contributed by atoms with E-state index in [-0.39, 0.29) is 0 Å². The van der Waals surface area contributed by atoms with Crippen molar-refractivity contribution in [2.24, 2.45) is 0 Å². The Bertz CT molecular complexity index is 641. The van der Waals surface area contributed by atoms with Gasteiger partial charge in [0.2, 0.25) is 0 Å². The van der Waals surface area contributed by atoms with Gasteiger partial charge in [0.25, 0.3) is 0 Å². The third kappa shape index (κ3) is 3.01. The van der Waals surface area contributed by atoms with Crippen molar-refractivity contribution in [3.05, 3.63) is 65.7 Å². The van der Waals surface area contributed by atoms with Crippen molar-refractivity contribution < 1.29 is 0 Å². The molecule has 0 fully saturated rings. The lowest BCUT2D eigenvalue weighted by atomic mass is 10.0. The molecule has 0 spiro atoms. The largest absolute Gasteiger partial charge is 0.192 e. The first-order chi connectivity index (χ1) is 9.27. The Morgan fingerprint density at radius 1 is 1.05 bits per heavy atom. The number of nitriles is 1. The third-order valence-electron chi connectivity index (χ3n) is 2.74. The van der Waals surface area contributed by atoms with Crippen LogP contribution in [0.4, 0.5) is 0 Å². The summed E-state index contributed by atoms with van der Waals surface area (Å²) in [5.41, 5.74) is 2.24. The first kappa shape index (κ1) is 13.7. The molecule has 2 aromatic carbocycles. The molecular weight excluding hydrogens is 274 g/mol. The topological polar surface area (TPSA) is 23.8 Å². The van der Waals surface area contributed by atoms with Crippen LogP contribution in [0.25, 0.3) is 10.6 Å². The van der Waals surface area contributed by atoms with E-state index < -0.39 is 0 Å². The molecule has 0 atom stereocenters. The zero-order chi connectivity index (χ0) is 13.7. The zero-order valence-electron chi connectivity index (χ0n) is 10.4. The second-order valence-electron chi connectivity index (χ2n) is 3.87. The van der Waals surface area contributed by atoms with Crippen LogP contribution < -0.4 is 0 Å². The van der Waals surface area contributed by atoms with Crippen molar-refractivity contribution >= 4 is 34.0 Å². The van der Waals surface area contributed by atoms with E-state index in [0.29, 0.717) is 10.6 Å². The first-order valence-corrected chi connectivity index (χ1v) is 7.37. The minimum absolute atomic E-state index is 0.499. The normalized spacial score (nSPS) is 11.6. The molecular formula is C16H12ClNS. The second kappa shape index (κ2) is 6.47. The molecule has 0 unspecified atom stereocenters. The fraction of sp³-hybridized carbons (Fsp3) is 0.0625.